The second kappa shape index (κ2) is 6.82. The summed E-state index contributed by atoms with van der Waals surface area (Å²) in [5.74, 6) is 2.60. The van der Waals surface area contributed by atoms with Gasteiger partial charge in [0.1, 0.15) is 0 Å². The molecule has 0 N–H and O–H groups in total. The Labute approximate surface area is 162 Å². The first-order valence-corrected chi connectivity index (χ1v) is 31.2. The molecule has 0 saturated carbocycles. The molecule has 23 heavy (non-hydrogen) atoms. The summed E-state index contributed by atoms with van der Waals surface area (Å²) in [7, 11) is 0. The third-order valence-electron chi connectivity index (χ3n) is 4.66. The Kier molecular flexibility index (Phi) is 5.67. The molecule has 2 aromatic heterocycles. The summed E-state index contributed by atoms with van der Waals surface area (Å²) >= 11 is 2.57. The van der Waals surface area contributed by atoms with E-state index in [0.717, 1.165) is 0 Å². The van der Waals surface area contributed by atoms with Crippen LogP contribution in [0.2, 0.25) is 29.6 Å². The van der Waals surface area contributed by atoms with Crippen LogP contribution < -0.4 is 5.79 Å². The third-order valence-corrected chi connectivity index (χ3v) is 27.4. The van der Waals surface area contributed by atoms with E-state index < -0.39 is 36.8 Å². The summed E-state index contributed by atoms with van der Waals surface area (Å²) in [4.78, 5) is 18.5. The number of thioether (sulfide) groups is 1. The van der Waals surface area contributed by atoms with E-state index in [1.807, 2.05) is 0 Å². The number of hydrogen-bond donors (Lipinski definition) is 0. The van der Waals surface area contributed by atoms with Gasteiger partial charge in [0.05, 0.1) is 0 Å². The van der Waals surface area contributed by atoms with E-state index in [4.69, 9.17) is 0 Å². The quantitative estimate of drug-likeness (QED) is 0.443. The van der Waals surface area contributed by atoms with Gasteiger partial charge in [-0.15, -0.1) is 0 Å². The summed E-state index contributed by atoms with van der Waals surface area (Å²) in [6, 6.07) is 9.90. The zero-order chi connectivity index (χ0) is 16.9. The van der Waals surface area contributed by atoms with Gasteiger partial charge in [-0.1, -0.05) is 0 Å². The molecule has 1 fully saturated rings. The molecule has 3 rings (SSSR count). The first-order valence-electron chi connectivity index (χ1n) is 8.42. The molecule has 1 saturated heterocycles. The van der Waals surface area contributed by atoms with Crippen LogP contribution in [0.3, 0.4) is 0 Å². The molecule has 0 amide bonds. The van der Waals surface area contributed by atoms with Crippen molar-refractivity contribution in [1.29, 1.82) is 0 Å². The van der Waals surface area contributed by atoms with Gasteiger partial charge in [0.25, 0.3) is 0 Å². The van der Waals surface area contributed by atoms with Crippen molar-refractivity contribution in [2.45, 2.75) is 41.5 Å². The van der Waals surface area contributed by atoms with Crippen LogP contribution in [0.15, 0.2) is 24.3 Å². The van der Waals surface area contributed by atoms with Crippen molar-refractivity contribution in [3.63, 3.8) is 0 Å². The van der Waals surface area contributed by atoms with Crippen LogP contribution in [0, 0.1) is 0 Å². The third kappa shape index (κ3) is 3.88. The van der Waals surface area contributed by atoms with Crippen LogP contribution in [0.5, 0.6) is 0 Å². The van der Waals surface area contributed by atoms with Crippen molar-refractivity contribution in [2.24, 2.45) is 0 Å². The summed E-state index contributed by atoms with van der Waals surface area (Å²) in [6.45, 7) is 0. The normalized spacial score (nSPS) is 18.5. The van der Waals surface area contributed by atoms with Crippen LogP contribution in [-0.2, 0) is 5.41 Å². The Morgan fingerprint density at radius 3 is 1.57 bits per heavy atom. The predicted octanol–water partition coefficient (Wildman–Crippen LogP) is 5.32. The van der Waals surface area contributed by atoms with E-state index in [1.165, 1.54) is 17.9 Å². The molecular weight excluding hydrogens is 550 g/mol. The Balaban J connectivity index is 2.04. The van der Waals surface area contributed by atoms with Crippen molar-refractivity contribution >= 4 is 77.0 Å². The molecule has 0 aliphatic carbocycles. The fourth-order valence-corrected chi connectivity index (χ4v) is 17.8. The minimum absolute atomic E-state index is 0.324. The molecule has 126 valence electrons. The Morgan fingerprint density at radius 1 is 0.783 bits per heavy atom. The average Bonchev–Trinajstić information content (AvgIpc) is 3.17. The average molecular weight is 578 g/mol. The molecule has 0 radical (unpaired) electrons. The second-order valence-corrected chi connectivity index (χ2v) is 42.8. The maximum absolute atomic E-state index is 2.54. The summed E-state index contributed by atoms with van der Waals surface area (Å²) < 4.78 is 3.47. The SMILES string of the molecule is [CH3][Sn]([CH3])([CH3])[c]1ccc(C2(c3cc[c]([Sn]([CH3])([CH3])[CH3])s3)CCSC2)s1. The van der Waals surface area contributed by atoms with Crippen molar-refractivity contribution in [2.75, 3.05) is 11.5 Å². The molecule has 5 heteroatoms. The molecule has 0 unspecified atom stereocenters. The zero-order valence-corrected chi connectivity index (χ0v) is 23.3. The van der Waals surface area contributed by atoms with Gasteiger partial charge in [0, 0.05) is 0 Å². The second-order valence-electron chi connectivity index (χ2n) is 8.71. The van der Waals surface area contributed by atoms with E-state index in [0.29, 0.717) is 5.41 Å². The van der Waals surface area contributed by atoms with Crippen LogP contribution in [-0.4, -0.2) is 48.3 Å². The predicted molar refractivity (Wildman–Crippen MR) is 117 cm³/mol. The van der Waals surface area contributed by atoms with Crippen LogP contribution in [0.25, 0.3) is 0 Å². The first-order chi connectivity index (χ1) is 10.6. The van der Waals surface area contributed by atoms with Gasteiger partial charge in [0.15, 0.2) is 0 Å². The van der Waals surface area contributed by atoms with Crippen LogP contribution in [0.4, 0.5) is 0 Å². The van der Waals surface area contributed by atoms with Gasteiger partial charge in [-0.05, 0) is 0 Å². The molecule has 0 aromatic carbocycles. The molecular formula is C18H28S3Sn2. The monoisotopic (exact) mass is 580 g/mol. The fraction of sp³-hybridized carbons (Fsp3) is 0.556. The van der Waals surface area contributed by atoms with E-state index >= 15 is 0 Å². The van der Waals surface area contributed by atoms with Crippen molar-refractivity contribution in [1.82, 2.24) is 0 Å². The number of hydrogen-bond acceptors (Lipinski definition) is 3. The fourth-order valence-electron chi connectivity index (χ4n) is 3.07. The van der Waals surface area contributed by atoms with Gasteiger partial charge >= 0.3 is 164 Å². The van der Waals surface area contributed by atoms with Gasteiger partial charge in [-0.3, -0.25) is 0 Å². The molecule has 0 nitrogen and oxygen atoms in total. The van der Waals surface area contributed by atoms with Gasteiger partial charge in [0.2, 0.25) is 0 Å². The van der Waals surface area contributed by atoms with Gasteiger partial charge in [-0.25, -0.2) is 0 Å². The summed E-state index contributed by atoms with van der Waals surface area (Å²) in [5.41, 5.74) is 0.324. The summed E-state index contributed by atoms with van der Waals surface area (Å²) in [6.07, 6.45) is 1.33. The minimum atomic E-state index is -1.94. The van der Waals surface area contributed by atoms with Crippen LogP contribution >= 0.6 is 34.4 Å². The number of rotatable bonds is 4. The first kappa shape index (κ1) is 19.1. The Bertz CT molecular complexity index is 625. The van der Waals surface area contributed by atoms with Crippen molar-refractivity contribution < 1.29 is 0 Å². The van der Waals surface area contributed by atoms with Crippen LogP contribution in [0.1, 0.15) is 16.2 Å². The van der Waals surface area contributed by atoms with Crippen molar-refractivity contribution in [3.05, 3.63) is 34.0 Å². The molecule has 2 aromatic rings. The molecule has 0 spiro atoms. The van der Waals surface area contributed by atoms with E-state index in [2.05, 4.69) is 88.3 Å². The Morgan fingerprint density at radius 2 is 1.26 bits per heavy atom. The standard InChI is InChI=1S/C12H10S3.6CH3.2Sn/c1-3-10(14-6-1)12(5-8-13-9-12)11-4-2-7-15-11;;;;;;;;/h1-4H,5,8-9H2;6*1H3;;. The maximum atomic E-state index is 2.54. The van der Waals surface area contributed by atoms with Gasteiger partial charge < -0.3 is 0 Å². The molecule has 1 aliphatic rings. The molecule has 3 heterocycles. The van der Waals surface area contributed by atoms with E-state index in [9.17, 15) is 0 Å². The summed E-state index contributed by atoms with van der Waals surface area (Å²) in [5, 5.41) is 0. The van der Waals surface area contributed by atoms with E-state index in [1.54, 1.807) is 15.5 Å². The zero-order valence-electron chi connectivity index (χ0n) is 15.2. The molecule has 0 bridgehead atoms. The van der Waals surface area contributed by atoms with Gasteiger partial charge in [-0.2, -0.15) is 0 Å². The van der Waals surface area contributed by atoms with E-state index in [-0.39, 0.29) is 0 Å². The van der Waals surface area contributed by atoms with Crippen molar-refractivity contribution in [3.8, 4) is 0 Å². The topological polar surface area (TPSA) is 0 Å². The number of thiophene rings is 2. The molecule has 0 atom stereocenters. The Hall–Kier alpha value is 1.35. The molecule has 1 aliphatic heterocycles.